The summed E-state index contributed by atoms with van der Waals surface area (Å²) in [6.07, 6.45) is 0.105. The summed E-state index contributed by atoms with van der Waals surface area (Å²) < 4.78 is 21.6. The van der Waals surface area contributed by atoms with Crippen LogP contribution in [0.1, 0.15) is 11.4 Å². The van der Waals surface area contributed by atoms with E-state index in [1.807, 2.05) is 6.07 Å². The van der Waals surface area contributed by atoms with E-state index in [1.54, 1.807) is 6.92 Å². The monoisotopic (exact) mass is 311 g/mol. The molecule has 1 atom stereocenters. The zero-order valence-electron chi connectivity index (χ0n) is 12.3. The lowest BCUT2D eigenvalue weighted by molar-refractivity contribution is -0.0272. The second-order valence-electron chi connectivity index (χ2n) is 5.62. The van der Waals surface area contributed by atoms with Gasteiger partial charge in [0.2, 0.25) is 0 Å². The molecular weight excluding hydrogens is 293 g/mol. The molecule has 1 saturated heterocycles. The van der Waals surface area contributed by atoms with Gasteiger partial charge in [-0.15, -0.1) is 11.6 Å². The zero-order chi connectivity index (χ0) is 15.0. The van der Waals surface area contributed by atoms with E-state index in [0.29, 0.717) is 23.5 Å². The molecule has 0 radical (unpaired) electrons. The standard InChI is InChI=1S/C15H19ClFN3O/c1-10-5-14-13(6-12(10)17)18-15(7-16)20(14)9-11-8-19(2)3-4-21-11/h5-6,11H,3-4,7-9H2,1-2H3. The van der Waals surface area contributed by atoms with Gasteiger partial charge in [-0.1, -0.05) is 0 Å². The fourth-order valence-electron chi connectivity index (χ4n) is 2.79. The van der Waals surface area contributed by atoms with Crippen LogP contribution in [-0.2, 0) is 17.2 Å². The smallest absolute Gasteiger partial charge is 0.128 e. The Morgan fingerprint density at radius 1 is 1.48 bits per heavy atom. The Hall–Kier alpha value is -1.17. The summed E-state index contributed by atoms with van der Waals surface area (Å²) in [7, 11) is 2.09. The third-order valence-corrected chi connectivity index (χ3v) is 4.19. The van der Waals surface area contributed by atoms with E-state index in [1.165, 1.54) is 6.07 Å². The molecule has 1 fully saturated rings. The fraction of sp³-hybridized carbons (Fsp3) is 0.533. The number of halogens is 2. The van der Waals surface area contributed by atoms with Gasteiger partial charge in [0.25, 0.3) is 0 Å². The van der Waals surface area contributed by atoms with E-state index in [2.05, 4.69) is 21.5 Å². The van der Waals surface area contributed by atoms with Gasteiger partial charge in [0.05, 0.1) is 36.2 Å². The predicted molar refractivity (Wildman–Crippen MR) is 81.2 cm³/mol. The second kappa shape index (κ2) is 5.91. The van der Waals surface area contributed by atoms with Crippen molar-refractivity contribution in [3.8, 4) is 0 Å². The molecule has 1 unspecified atom stereocenters. The van der Waals surface area contributed by atoms with Crippen LogP contribution in [-0.4, -0.2) is 47.3 Å². The minimum Gasteiger partial charge on any atom is -0.374 e. The van der Waals surface area contributed by atoms with Crippen molar-refractivity contribution < 1.29 is 9.13 Å². The summed E-state index contributed by atoms with van der Waals surface area (Å²) in [5.41, 5.74) is 2.19. The molecule has 0 amide bonds. The lowest BCUT2D eigenvalue weighted by Crippen LogP contribution is -2.42. The third-order valence-electron chi connectivity index (χ3n) is 3.96. The van der Waals surface area contributed by atoms with Gasteiger partial charge in [0.15, 0.2) is 0 Å². The van der Waals surface area contributed by atoms with Gasteiger partial charge in [-0.05, 0) is 25.6 Å². The van der Waals surface area contributed by atoms with Gasteiger partial charge in [-0.3, -0.25) is 0 Å². The molecule has 2 aromatic rings. The van der Waals surface area contributed by atoms with Crippen molar-refractivity contribution in [3.05, 3.63) is 29.3 Å². The minimum absolute atomic E-state index is 0.105. The molecule has 6 heteroatoms. The summed E-state index contributed by atoms with van der Waals surface area (Å²) in [5, 5.41) is 0. The molecule has 1 aliphatic rings. The fourth-order valence-corrected chi connectivity index (χ4v) is 2.99. The SMILES string of the molecule is Cc1cc2c(cc1F)nc(CCl)n2CC1CN(C)CCO1. The van der Waals surface area contributed by atoms with Crippen molar-refractivity contribution in [3.63, 3.8) is 0 Å². The average Bonchev–Trinajstić information content (AvgIpc) is 2.77. The van der Waals surface area contributed by atoms with E-state index in [9.17, 15) is 4.39 Å². The molecule has 1 aromatic carbocycles. The number of rotatable bonds is 3. The number of nitrogens with zero attached hydrogens (tertiary/aromatic N) is 3. The van der Waals surface area contributed by atoms with Crippen LogP contribution in [0.4, 0.5) is 4.39 Å². The van der Waals surface area contributed by atoms with Gasteiger partial charge in [-0.25, -0.2) is 9.37 Å². The number of aromatic nitrogens is 2. The van der Waals surface area contributed by atoms with Gasteiger partial charge < -0.3 is 14.2 Å². The number of aryl methyl sites for hydroxylation is 1. The third kappa shape index (κ3) is 2.91. The van der Waals surface area contributed by atoms with Gasteiger partial charge in [0.1, 0.15) is 11.6 Å². The first-order valence-corrected chi connectivity index (χ1v) is 7.63. The normalized spacial score (nSPS) is 20.3. The van der Waals surface area contributed by atoms with Crippen molar-refractivity contribution in [2.75, 3.05) is 26.7 Å². The molecule has 4 nitrogen and oxygen atoms in total. The summed E-state index contributed by atoms with van der Waals surface area (Å²) in [6, 6.07) is 3.31. The molecule has 0 N–H and O–H groups in total. The van der Waals surface area contributed by atoms with Crippen molar-refractivity contribution >= 4 is 22.6 Å². The Bertz CT molecular complexity index is 658. The number of alkyl halides is 1. The zero-order valence-corrected chi connectivity index (χ0v) is 13.0. The highest BCUT2D eigenvalue weighted by atomic mass is 35.5. The number of morpholine rings is 1. The number of ether oxygens (including phenoxy) is 1. The van der Waals surface area contributed by atoms with Gasteiger partial charge in [0, 0.05) is 19.2 Å². The van der Waals surface area contributed by atoms with Crippen molar-refractivity contribution in [1.82, 2.24) is 14.5 Å². The average molecular weight is 312 g/mol. The Labute approximate surface area is 128 Å². The number of imidazole rings is 1. The first-order chi connectivity index (χ1) is 10.1. The van der Waals surface area contributed by atoms with Crippen molar-refractivity contribution in [1.29, 1.82) is 0 Å². The molecular formula is C15H19ClFN3O. The summed E-state index contributed by atoms with van der Waals surface area (Å²) in [6.45, 7) is 5.01. The minimum atomic E-state index is -0.234. The Kier molecular flexibility index (Phi) is 4.15. The number of fused-ring (bicyclic) bond motifs is 1. The quantitative estimate of drug-likeness (QED) is 0.816. The maximum absolute atomic E-state index is 13.7. The molecule has 114 valence electrons. The van der Waals surface area contributed by atoms with Crippen LogP contribution in [0.5, 0.6) is 0 Å². The number of hydrogen-bond donors (Lipinski definition) is 0. The van der Waals surface area contributed by atoms with E-state index in [4.69, 9.17) is 16.3 Å². The summed E-state index contributed by atoms with van der Waals surface area (Å²) in [5.74, 6) is 0.827. The second-order valence-corrected chi connectivity index (χ2v) is 5.88. The van der Waals surface area contributed by atoms with Gasteiger partial charge >= 0.3 is 0 Å². The van der Waals surface area contributed by atoms with Crippen LogP contribution < -0.4 is 0 Å². The first-order valence-electron chi connectivity index (χ1n) is 7.10. The van der Waals surface area contributed by atoms with E-state index >= 15 is 0 Å². The van der Waals surface area contributed by atoms with E-state index in [-0.39, 0.29) is 11.9 Å². The van der Waals surface area contributed by atoms with Crippen LogP contribution in [0.25, 0.3) is 11.0 Å². The maximum atomic E-state index is 13.7. The van der Waals surface area contributed by atoms with Gasteiger partial charge in [-0.2, -0.15) is 0 Å². The van der Waals surface area contributed by atoms with Crippen molar-refractivity contribution in [2.45, 2.75) is 25.5 Å². The first kappa shape index (κ1) is 14.8. The largest absolute Gasteiger partial charge is 0.374 e. The van der Waals surface area contributed by atoms with E-state index in [0.717, 1.165) is 31.0 Å². The molecule has 0 spiro atoms. The maximum Gasteiger partial charge on any atom is 0.128 e. The summed E-state index contributed by atoms with van der Waals surface area (Å²) in [4.78, 5) is 6.69. The number of likely N-dealkylation sites (N-methyl/N-ethyl adjacent to an activating group) is 1. The van der Waals surface area contributed by atoms with E-state index < -0.39 is 0 Å². The molecule has 1 aromatic heterocycles. The highest BCUT2D eigenvalue weighted by Gasteiger charge is 2.21. The molecule has 0 aliphatic carbocycles. The Morgan fingerprint density at radius 2 is 2.29 bits per heavy atom. The molecule has 3 rings (SSSR count). The molecule has 2 heterocycles. The molecule has 0 saturated carbocycles. The van der Waals surface area contributed by atoms with Crippen LogP contribution in [0.3, 0.4) is 0 Å². The predicted octanol–water partition coefficient (Wildman–Crippen LogP) is 2.55. The topological polar surface area (TPSA) is 30.3 Å². The lowest BCUT2D eigenvalue weighted by Gasteiger charge is -2.30. The number of hydrogen-bond acceptors (Lipinski definition) is 3. The highest BCUT2D eigenvalue weighted by Crippen LogP contribution is 2.22. The van der Waals surface area contributed by atoms with Crippen molar-refractivity contribution in [2.24, 2.45) is 0 Å². The van der Waals surface area contributed by atoms with Crippen LogP contribution in [0.15, 0.2) is 12.1 Å². The molecule has 1 aliphatic heterocycles. The number of benzene rings is 1. The van der Waals surface area contributed by atoms with Crippen LogP contribution in [0, 0.1) is 12.7 Å². The highest BCUT2D eigenvalue weighted by molar-refractivity contribution is 6.16. The van der Waals surface area contributed by atoms with Crippen LogP contribution in [0.2, 0.25) is 0 Å². The lowest BCUT2D eigenvalue weighted by atomic mass is 10.2. The Balaban J connectivity index is 1.97. The Morgan fingerprint density at radius 3 is 3.00 bits per heavy atom. The molecule has 0 bridgehead atoms. The summed E-state index contributed by atoms with van der Waals surface area (Å²) >= 11 is 6.00. The van der Waals surface area contributed by atoms with Crippen LogP contribution >= 0.6 is 11.6 Å². The molecule has 21 heavy (non-hydrogen) atoms.